The van der Waals surface area contributed by atoms with Crippen molar-refractivity contribution in [2.24, 2.45) is 5.10 Å². The van der Waals surface area contributed by atoms with Crippen LogP contribution in [0.15, 0.2) is 62.5 Å². The molecule has 0 aliphatic carbocycles. The van der Waals surface area contributed by atoms with Crippen molar-refractivity contribution in [3.05, 3.63) is 74.4 Å². The van der Waals surface area contributed by atoms with E-state index in [0.717, 1.165) is 5.56 Å². The maximum atomic E-state index is 12.1. The van der Waals surface area contributed by atoms with Gasteiger partial charge in [-0.2, -0.15) is 5.10 Å². The summed E-state index contributed by atoms with van der Waals surface area (Å²) in [5.41, 5.74) is 3.85. The maximum absolute atomic E-state index is 12.1. The molecule has 0 saturated heterocycles. The molecule has 2 heterocycles. The van der Waals surface area contributed by atoms with Crippen molar-refractivity contribution in [3.8, 4) is 22.8 Å². The lowest BCUT2D eigenvalue weighted by Crippen LogP contribution is -2.19. The van der Waals surface area contributed by atoms with Gasteiger partial charge in [-0.25, -0.2) is 5.43 Å². The number of fused-ring (bicyclic) bond motifs is 1. The van der Waals surface area contributed by atoms with Crippen LogP contribution in [-0.4, -0.2) is 23.8 Å². The van der Waals surface area contributed by atoms with Gasteiger partial charge in [-0.05, 0) is 51.8 Å². The van der Waals surface area contributed by atoms with Crippen molar-refractivity contribution in [2.75, 3.05) is 6.79 Å². The molecule has 1 aliphatic rings. The van der Waals surface area contributed by atoms with Gasteiger partial charge in [0.25, 0.3) is 5.69 Å². The number of nitro benzene ring substituents is 1. The summed E-state index contributed by atoms with van der Waals surface area (Å²) in [6.45, 7) is 0.177. The number of ether oxygens (including phenoxy) is 2. The number of benzene rings is 2. The normalized spacial score (nSPS) is 12.3. The molecule has 30 heavy (non-hydrogen) atoms. The van der Waals surface area contributed by atoms with E-state index in [1.165, 1.54) is 18.3 Å². The zero-order valence-corrected chi connectivity index (χ0v) is 16.9. The molecule has 0 atom stereocenters. The fourth-order valence-electron chi connectivity index (χ4n) is 2.83. The molecular formula is C20H14BrN3O6. The molecular weight excluding hydrogens is 458 g/mol. The first-order chi connectivity index (χ1) is 14.5. The number of carbonyl (C=O) groups is 1. The second-order valence-corrected chi connectivity index (χ2v) is 7.14. The summed E-state index contributed by atoms with van der Waals surface area (Å²) < 4.78 is 16.7. The van der Waals surface area contributed by atoms with E-state index < -0.39 is 4.92 Å². The summed E-state index contributed by atoms with van der Waals surface area (Å²) in [6, 6.07) is 13.1. The molecule has 1 amide bonds. The lowest BCUT2D eigenvalue weighted by molar-refractivity contribution is -0.384. The van der Waals surface area contributed by atoms with E-state index in [1.54, 1.807) is 36.4 Å². The number of hydrazone groups is 1. The lowest BCUT2D eigenvalue weighted by atomic mass is 10.1. The highest BCUT2D eigenvalue weighted by Gasteiger charge is 2.15. The van der Waals surface area contributed by atoms with Crippen molar-refractivity contribution in [1.29, 1.82) is 0 Å². The molecule has 1 aliphatic heterocycles. The number of halogens is 1. The third-order valence-electron chi connectivity index (χ3n) is 4.24. The van der Waals surface area contributed by atoms with Gasteiger partial charge < -0.3 is 13.9 Å². The van der Waals surface area contributed by atoms with Gasteiger partial charge in [-0.1, -0.05) is 6.07 Å². The van der Waals surface area contributed by atoms with Crippen molar-refractivity contribution in [2.45, 2.75) is 6.42 Å². The van der Waals surface area contributed by atoms with Crippen LogP contribution < -0.4 is 14.9 Å². The highest BCUT2D eigenvalue weighted by atomic mass is 79.9. The number of rotatable bonds is 6. The molecule has 4 rings (SSSR count). The smallest absolute Gasteiger partial charge is 0.270 e. The first kappa shape index (κ1) is 19.6. The highest BCUT2D eigenvalue weighted by Crippen LogP contribution is 2.33. The second-order valence-electron chi connectivity index (χ2n) is 6.28. The summed E-state index contributed by atoms with van der Waals surface area (Å²) in [4.78, 5) is 22.4. The van der Waals surface area contributed by atoms with Gasteiger partial charge in [-0.15, -0.1) is 0 Å². The Hall–Kier alpha value is -3.66. The standard InChI is InChI=1S/C20H14BrN3O6/c21-16-9-13(24(26)27)2-4-15(16)17-6-3-14(30-17)10-22-23-20(25)8-12-1-5-18-19(7-12)29-11-28-18/h1-7,9-10H,8,11H2,(H,23,25). The quantitative estimate of drug-likeness (QED) is 0.329. The number of nitrogens with zero attached hydrogens (tertiary/aromatic N) is 2. The number of hydrogen-bond donors (Lipinski definition) is 1. The molecule has 2 aromatic carbocycles. The minimum Gasteiger partial charge on any atom is -0.455 e. The SMILES string of the molecule is O=C(Cc1ccc2c(c1)OCO2)NN=Cc1ccc(-c2ccc([N+](=O)[O-])cc2Br)o1. The van der Waals surface area contributed by atoms with Gasteiger partial charge in [0.05, 0.1) is 17.6 Å². The van der Waals surface area contributed by atoms with E-state index in [2.05, 4.69) is 26.5 Å². The zero-order valence-electron chi connectivity index (χ0n) is 15.3. The van der Waals surface area contributed by atoms with E-state index in [-0.39, 0.29) is 24.8 Å². The van der Waals surface area contributed by atoms with Gasteiger partial charge in [0.1, 0.15) is 11.5 Å². The number of non-ortho nitro benzene ring substituents is 1. The molecule has 1 N–H and O–H groups in total. The van der Waals surface area contributed by atoms with Gasteiger partial charge in [-0.3, -0.25) is 14.9 Å². The first-order valence-electron chi connectivity index (χ1n) is 8.74. The molecule has 1 aromatic heterocycles. The zero-order chi connectivity index (χ0) is 21.1. The fraction of sp³-hybridized carbons (Fsp3) is 0.100. The predicted octanol–water partition coefficient (Wildman–Crippen LogP) is 4.04. The Bertz CT molecular complexity index is 1160. The van der Waals surface area contributed by atoms with E-state index in [1.807, 2.05) is 0 Å². The Morgan fingerprint density at radius 1 is 1.17 bits per heavy atom. The molecule has 10 heteroatoms. The number of nitro groups is 1. The molecule has 0 saturated carbocycles. The van der Waals surface area contributed by atoms with Gasteiger partial charge in [0.2, 0.25) is 12.7 Å². The first-order valence-corrected chi connectivity index (χ1v) is 9.53. The van der Waals surface area contributed by atoms with Gasteiger partial charge >= 0.3 is 0 Å². The van der Waals surface area contributed by atoms with Crippen LogP contribution in [0, 0.1) is 10.1 Å². The number of nitrogens with one attached hydrogen (secondary N) is 1. The Morgan fingerprint density at radius 2 is 2.00 bits per heavy atom. The minimum absolute atomic E-state index is 0.0239. The Labute approximate surface area is 178 Å². The van der Waals surface area contributed by atoms with E-state index in [9.17, 15) is 14.9 Å². The number of amides is 1. The van der Waals surface area contributed by atoms with E-state index >= 15 is 0 Å². The maximum Gasteiger partial charge on any atom is 0.270 e. The van der Waals surface area contributed by atoms with Crippen LogP contribution in [0.5, 0.6) is 11.5 Å². The molecule has 0 unspecified atom stereocenters. The molecule has 9 nitrogen and oxygen atoms in total. The summed E-state index contributed by atoms with van der Waals surface area (Å²) in [7, 11) is 0. The van der Waals surface area contributed by atoms with Crippen LogP contribution in [0.2, 0.25) is 0 Å². The summed E-state index contributed by atoms with van der Waals surface area (Å²) in [5, 5.41) is 14.7. The second kappa shape index (κ2) is 8.37. The van der Waals surface area contributed by atoms with E-state index in [4.69, 9.17) is 13.9 Å². The number of furan rings is 1. The van der Waals surface area contributed by atoms with Crippen LogP contribution >= 0.6 is 15.9 Å². The van der Waals surface area contributed by atoms with Crippen LogP contribution in [0.1, 0.15) is 11.3 Å². The fourth-order valence-corrected chi connectivity index (χ4v) is 3.39. The van der Waals surface area contributed by atoms with Crippen molar-refractivity contribution in [1.82, 2.24) is 5.43 Å². The van der Waals surface area contributed by atoms with Crippen LogP contribution in [-0.2, 0) is 11.2 Å². The predicted molar refractivity (Wildman–Crippen MR) is 111 cm³/mol. The van der Waals surface area contributed by atoms with Crippen LogP contribution in [0.3, 0.4) is 0 Å². The molecule has 0 bridgehead atoms. The minimum atomic E-state index is -0.471. The number of hydrogen-bond acceptors (Lipinski definition) is 7. The van der Waals surface area contributed by atoms with Crippen molar-refractivity contribution >= 4 is 33.7 Å². The largest absolute Gasteiger partial charge is 0.455 e. The molecule has 3 aromatic rings. The van der Waals surface area contributed by atoms with Crippen molar-refractivity contribution < 1.29 is 23.6 Å². The summed E-state index contributed by atoms with van der Waals surface area (Å²) in [6.07, 6.45) is 1.51. The van der Waals surface area contributed by atoms with Gasteiger partial charge in [0.15, 0.2) is 11.5 Å². The summed E-state index contributed by atoms with van der Waals surface area (Å²) >= 11 is 3.31. The van der Waals surface area contributed by atoms with E-state index in [0.29, 0.717) is 33.1 Å². The van der Waals surface area contributed by atoms with Crippen LogP contribution in [0.4, 0.5) is 5.69 Å². The average molecular weight is 472 g/mol. The van der Waals surface area contributed by atoms with Gasteiger partial charge in [0, 0.05) is 22.2 Å². The highest BCUT2D eigenvalue weighted by molar-refractivity contribution is 9.10. The molecule has 0 fully saturated rings. The number of carbonyl (C=O) groups excluding carboxylic acids is 1. The molecule has 0 spiro atoms. The Kier molecular flexibility index (Phi) is 5.48. The molecule has 152 valence electrons. The molecule has 0 radical (unpaired) electrons. The topological polar surface area (TPSA) is 116 Å². The third-order valence-corrected chi connectivity index (χ3v) is 4.89. The summed E-state index contributed by atoms with van der Waals surface area (Å²) in [5.74, 6) is 1.90. The Balaban J connectivity index is 1.36. The van der Waals surface area contributed by atoms with Crippen molar-refractivity contribution in [3.63, 3.8) is 0 Å². The monoisotopic (exact) mass is 471 g/mol. The third kappa shape index (κ3) is 4.33. The Morgan fingerprint density at radius 3 is 2.80 bits per heavy atom. The lowest BCUT2D eigenvalue weighted by Gasteiger charge is -2.02. The average Bonchev–Trinajstić information content (AvgIpc) is 3.37. The van der Waals surface area contributed by atoms with Crippen LogP contribution in [0.25, 0.3) is 11.3 Å².